The van der Waals surface area contributed by atoms with Crippen LogP contribution >= 0.6 is 0 Å². The molecule has 3 rings (SSSR count). The lowest BCUT2D eigenvalue weighted by Crippen LogP contribution is -2.51. The first-order valence-corrected chi connectivity index (χ1v) is 8.07. The molecule has 120 valence electrons. The maximum atomic E-state index is 12.2. The first kappa shape index (κ1) is 15.1. The fraction of sp³-hybridized carbons (Fsp3) is 0.625. The lowest BCUT2D eigenvalue weighted by molar-refractivity contribution is -0.123. The van der Waals surface area contributed by atoms with Gasteiger partial charge >= 0.3 is 0 Å². The number of hydrogen-bond acceptors (Lipinski definition) is 4. The number of nitrogens with one attached hydrogen (secondary N) is 1. The van der Waals surface area contributed by atoms with Gasteiger partial charge in [0.15, 0.2) is 5.76 Å². The minimum Gasteiger partial charge on any atom is -0.459 e. The second kappa shape index (κ2) is 6.96. The molecule has 1 aromatic rings. The lowest BCUT2D eigenvalue weighted by Gasteiger charge is -2.34. The molecule has 6 nitrogen and oxygen atoms in total. The number of piperazine rings is 1. The van der Waals surface area contributed by atoms with E-state index >= 15 is 0 Å². The molecule has 2 heterocycles. The van der Waals surface area contributed by atoms with E-state index in [0.717, 1.165) is 25.9 Å². The number of hydrogen-bond donors (Lipinski definition) is 1. The highest BCUT2D eigenvalue weighted by atomic mass is 16.3. The van der Waals surface area contributed by atoms with Crippen molar-refractivity contribution in [2.24, 2.45) is 0 Å². The van der Waals surface area contributed by atoms with Crippen molar-refractivity contribution >= 4 is 11.8 Å². The number of rotatable bonds is 4. The highest BCUT2D eigenvalue weighted by molar-refractivity contribution is 5.91. The molecule has 0 spiro atoms. The average Bonchev–Trinajstić information content (AvgIpc) is 3.20. The van der Waals surface area contributed by atoms with Crippen molar-refractivity contribution in [3.8, 4) is 0 Å². The van der Waals surface area contributed by atoms with E-state index in [4.69, 9.17) is 4.42 Å². The molecular formula is C16H23N3O3. The number of carbonyl (C=O) groups excluding carboxylic acids is 2. The van der Waals surface area contributed by atoms with Gasteiger partial charge in [-0.25, -0.2) is 0 Å². The van der Waals surface area contributed by atoms with E-state index in [1.54, 1.807) is 17.0 Å². The van der Waals surface area contributed by atoms with Crippen molar-refractivity contribution in [3.05, 3.63) is 24.2 Å². The van der Waals surface area contributed by atoms with Crippen LogP contribution in [-0.4, -0.2) is 60.4 Å². The van der Waals surface area contributed by atoms with Gasteiger partial charge in [0.25, 0.3) is 5.91 Å². The molecule has 0 unspecified atom stereocenters. The molecule has 1 saturated heterocycles. The lowest BCUT2D eigenvalue weighted by atomic mass is 10.2. The summed E-state index contributed by atoms with van der Waals surface area (Å²) in [5.74, 6) is 0.421. The first-order chi connectivity index (χ1) is 10.7. The van der Waals surface area contributed by atoms with Crippen LogP contribution in [-0.2, 0) is 4.79 Å². The smallest absolute Gasteiger partial charge is 0.289 e. The monoisotopic (exact) mass is 305 g/mol. The van der Waals surface area contributed by atoms with Crippen molar-refractivity contribution in [2.45, 2.75) is 31.7 Å². The zero-order valence-corrected chi connectivity index (χ0v) is 12.8. The van der Waals surface area contributed by atoms with E-state index in [-0.39, 0.29) is 11.8 Å². The summed E-state index contributed by atoms with van der Waals surface area (Å²) in [6, 6.07) is 3.77. The van der Waals surface area contributed by atoms with Crippen molar-refractivity contribution in [2.75, 3.05) is 32.7 Å². The van der Waals surface area contributed by atoms with Gasteiger partial charge in [-0.3, -0.25) is 14.5 Å². The summed E-state index contributed by atoms with van der Waals surface area (Å²) in [5, 5.41) is 3.11. The molecule has 1 aliphatic heterocycles. The maximum Gasteiger partial charge on any atom is 0.289 e. The molecule has 6 heteroatoms. The third-order valence-corrected chi connectivity index (χ3v) is 4.48. The molecule has 1 aliphatic carbocycles. The summed E-state index contributed by atoms with van der Waals surface area (Å²) in [4.78, 5) is 28.1. The van der Waals surface area contributed by atoms with E-state index in [0.29, 0.717) is 31.4 Å². The summed E-state index contributed by atoms with van der Waals surface area (Å²) < 4.78 is 5.15. The number of amides is 2. The van der Waals surface area contributed by atoms with Gasteiger partial charge in [0, 0.05) is 32.2 Å². The number of nitrogens with zero attached hydrogens (tertiary/aromatic N) is 2. The standard InChI is InChI=1S/C16H23N3O3/c20-15(17-13-4-1-2-5-13)12-18-7-9-19(10-8-18)16(21)14-6-3-11-22-14/h3,6,11,13H,1-2,4-5,7-10,12H2,(H,17,20). The zero-order chi connectivity index (χ0) is 15.4. The molecule has 22 heavy (non-hydrogen) atoms. The molecule has 0 radical (unpaired) electrons. The number of carbonyl (C=O) groups is 2. The quantitative estimate of drug-likeness (QED) is 0.904. The Balaban J connectivity index is 1.41. The Hall–Kier alpha value is -1.82. The average molecular weight is 305 g/mol. The van der Waals surface area contributed by atoms with Gasteiger partial charge in [0.05, 0.1) is 12.8 Å². The van der Waals surface area contributed by atoms with Crippen LogP contribution in [0.4, 0.5) is 0 Å². The zero-order valence-electron chi connectivity index (χ0n) is 12.8. The van der Waals surface area contributed by atoms with E-state index in [1.165, 1.54) is 19.1 Å². The fourth-order valence-electron chi connectivity index (χ4n) is 3.21. The van der Waals surface area contributed by atoms with Gasteiger partial charge in [-0.1, -0.05) is 12.8 Å². The maximum absolute atomic E-state index is 12.2. The van der Waals surface area contributed by atoms with Crippen LogP contribution in [0.15, 0.2) is 22.8 Å². The second-order valence-electron chi connectivity index (χ2n) is 6.09. The first-order valence-electron chi connectivity index (χ1n) is 8.07. The predicted octanol–water partition coefficient (Wildman–Crippen LogP) is 1.10. The van der Waals surface area contributed by atoms with Crippen LogP contribution in [0.2, 0.25) is 0 Å². The summed E-state index contributed by atoms with van der Waals surface area (Å²) in [6.45, 7) is 3.15. The summed E-state index contributed by atoms with van der Waals surface area (Å²) >= 11 is 0. The van der Waals surface area contributed by atoms with E-state index in [2.05, 4.69) is 10.2 Å². The minimum absolute atomic E-state index is 0.0694. The molecule has 1 aromatic heterocycles. The molecule has 0 bridgehead atoms. The molecule has 2 fully saturated rings. The van der Waals surface area contributed by atoms with E-state index in [1.807, 2.05) is 0 Å². The number of furan rings is 1. The molecule has 2 amide bonds. The second-order valence-corrected chi connectivity index (χ2v) is 6.09. The van der Waals surface area contributed by atoms with Crippen LogP contribution in [0.5, 0.6) is 0 Å². The van der Waals surface area contributed by atoms with Crippen molar-refractivity contribution < 1.29 is 14.0 Å². The predicted molar refractivity (Wildman–Crippen MR) is 81.5 cm³/mol. The van der Waals surface area contributed by atoms with Crippen LogP contribution in [0.25, 0.3) is 0 Å². The Morgan fingerprint density at radius 1 is 1.18 bits per heavy atom. The molecule has 2 aliphatic rings. The van der Waals surface area contributed by atoms with Gasteiger partial charge in [-0.05, 0) is 25.0 Å². The Morgan fingerprint density at radius 2 is 1.91 bits per heavy atom. The Labute approximate surface area is 130 Å². The molecule has 0 aromatic carbocycles. The van der Waals surface area contributed by atoms with Gasteiger partial charge in [0.2, 0.25) is 5.91 Å². The molecular weight excluding hydrogens is 282 g/mol. The molecule has 1 saturated carbocycles. The minimum atomic E-state index is -0.0694. The van der Waals surface area contributed by atoms with Crippen LogP contribution < -0.4 is 5.32 Å². The largest absolute Gasteiger partial charge is 0.459 e. The topological polar surface area (TPSA) is 65.8 Å². The van der Waals surface area contributed by atoms with E-state index in [9.17, 15) is 9.59 Å². The fourth-order valence-corrected chi connectivity index (χ4v) is 3.21. The summed E-state index contributed by atoms with van der Waals surface area (Å²) in [6.07, 6.45) is 6.17. The van der Waals surface area contributed by atoms with Gasteiger partial charge < -0.3 is 14.6 Å². The highest BCUT2D eigenvalue weighted by Gasteiger charge is 2.25. The normalized spacial score (nSPS) is 20.3. The van der Waals surface area contributed by atoms with Crippen molar-refractivity contribution in [1.82, 2.24) is 15.1 Å². The third kappa shape index (κ3) is 3.68. The molecule has 0 atom stereocenters. The highest BCUT2D eigenvalue weighted by Crippen LogP contribution is 2.17. The Morgan fingerprint density at radius 3 is 2.55 bits per heavy atom. The van der Waals surface area contributed by atoms with Crippen LogP contribution in [0.3, 0.4) is 0 Å². The Kier molecular flexibility index (Phi) is 4.77. The summed E-state index contributed by atoms with van der Waals surface area (Å²) in [7, 11) is 0. The summed E-state index contributed by atoms with van der Waals surface area (Å²) in [5.41, 5.74) is 0. The van der Waals surface area contributed by atoms with Crippen LogP contribution in [0, 0.1) is 0 Å². The van der Waals surface area contributed by atoms with Crippen molar-refractivity contribution in [3.63, 3.8) is 0 Å². The SMILES string of the molecule is O=C(CN1CCN(C(=O)c2ccco2)CC1)NC1CCCC1. The van der Waals surface area contributed by atoms with Gasteiger partial charge in [-0.2, -0.15) is 0 Å². The third-order valence-electron chi connectivity index (χ3n) is 4.48. The molecule has 1 N–H and O–H groups in total. The van der Waals surface area contributed by atoms with Gasteiger partial charge in [-0.15, -0.1) is 0 Å². The van der Waals surface area contributed by atoms with E-state index < -0.39 is 0 Å². The van der Waals surface area contributed by atoms with Gasteiger partial charge in [0.1, 0.15) is 0 Å². The Bertz CT molecular complexity index is 501. The van der Waals surface area contributed by atoms with Crippen molar-refractivity contribution in [1.29, 1.82) is 0 Å². The van der Waals surface area contributed by atoms with Crippen LogP contribution in [0.1, 0.15) is 36.2 Å².